The van der Waals surface area contributed by atoms with Gasteiger partial charge in [-0.3, -0.25) is 9.69 Å². The second-order valence-corrected chi connectivity index (χ2v) is 6.22. The van der Waals surface area contributed by atoms with Crippen LogP contribution in [0.25, 0.3) is 10.9 Å². The number of fused-ring (bicyclic) bond motifs is 1. The van der Waals surface area contributed by atoms with Crippen LogP contribution in [-0.4, -0.2) is 34.4 Å². The monoisotopic (exact) mass is 299 g/mol. The number of para-hydroxylation sites is 1. The van der Waals surface area contributed by atoms with Gasteiger partial charge in [0.1, 0.15) is 6.04 Å². The van der Waals surface area contributed by atoms with Gasteiger partial charge in [-0.25, -0.2) is 4.79 Å². The van der Waals surface area contributed by atoms with E-state index in [1.54, 1.807) is 0 Å². The van der Waals surface area contributed by atoms with E-state index in [9.17, 15) is 9.59 Å². The molecule has 0 spiro atoms. The van der Waals surface area contributed by atoms with E-state index in [0.29, 0.717) is 13.0 Å². The minimum Gasteiger partial charge on any atom is -0.361 e. The van der Waals surface area contributed by atoms with Crippen LogP contribution in [0.1, 0.15) is 25.0 Å². The summed E-state index contributed by atoms with van der Waals surface area (Å²) >= 11 is 0. The largest absolute Gasteiger partial charge is 0.361 e. The Morgan fingerprint density at radius 3 is 2.73 bits per heavy atom. The average Bonchev–Trinajstić information content (AvgIpc) is 3.00. The topological polar surface area (TPSA) is 65.2 Å². The summed E-state index contributed by atoms with van der Waals surface area (Å²) in [6, 6.07) is 5.49. The van der Waals surface area contributed by atoms with Gasteiger partial charge in [0.05, 0.1) is 0 Å². The summed E-state index contributed by atoms with van der Waals surface area (Å²) in [4.78, 5) is 28.8. The predicted molar refractivity (Wildman–Crippen MR) is 85.6 cm³/mol. The Morgan fingerprint density at radius 2 is 2.05 bits per heavy atom. The van der Waals surface area contributed by atoms with E-state index in [4.69, 9.17) is 0 Å². The van der Waals surface area contributed by atoms with Gasteiger partial charge in [-0.1, -0.05) is 32.0 Å². The molecule has 1 aromatic heterocycles. The number of nitrogens with one attached hydrogen (secondary N) is 2. The van der Waals surface area contributed by atoms with Crippen molar-refractivity contribution in [2.24, 2.45) is 5.92 Å². The van der Waals surface area contributed by atoms with Gasteiger partial charge in [-0.15, -0.1) is 0 Å². The molecule has 5 nitrogen and oxygen atoms in total. The molecule has 0 aliphatic carbocycles. The molecule has 3 rings (SSSR count). The minimum atomic E-state index is -0.391. The van der Waals surface area contributed by atoms with Crippen LogP contribution in [0.3, 0.4) is 0 Å². The molecule has 0 saturated carbocycles. The first-order chi connectivity index (χ1) is 10.5. The zero-order valence-corrected chi connectivity index (χ0v) is 13.1. The van der Waals surface area contributed by atoms with Crippen LogP contribution in [0.15, 0.2) is 24.4 Å². The van der Waals surface area contributed by atoms with Gasteiger partial charge in [-0.2, -0.15) is 0 Å². The molecule has 22 heavy (non-hydrogen) atoms. The van der Waals surface area contributed by atoms with Crippen molar-refractivity contribution in [3.8, 4) is 0 Å². The van der Waals surface area contributed by atoms with E-state index in [0.717, 1.165) is 16.5 Å². The number of carbonyl (C=O) groups is 2. The van der Waals surface area contributed by atoms with Crippen molar-refractivity contribution in [2.75, 3.05) is 6.54 Å². The Morgan fingerprint density at radius 1 is 1.27 bits per heavy atom. The van der Waals surface area contributed by atoms with E-state index < -0.39 is 6.04 Å². The highest BCUT2D eigenvalue weighted by molar-refractivity contribution is 6.04. The number of hydrogen-bond acceptors (Lipinski definition) is 2. The first-order valence-corrected chi connectivity index (χ1v) is 7.66. The summed E-state index contributed by atoms with van der Waals surface area (Å²) in [6.45, 7) is 6.35. The molecule has 116 valence electrons. The fourth-order valence-corrected chi connectivity index (χ4v) is 3.01. The van der Waals surface area contributed by atoms with Crippen LogP contribution in [0.4, 0.5) is 4.79 Å². The molecule has 3 amide bonds. The molecule has 1 aliphatic rings. The third-order valence-electron chi connectivity index (χ3n) is 4.34. The lowest BCUT2D eigenvalue weighted by molar-refractivity contribution is -0.128. The van der Waals surface area contributed by atoms with Crippen molar-refractivity contribution in [2.45, 2.75) is 33.2 Å². The maximum atomic E-state index is 12.3. The Balaban J connectivity index is 1.76. The van der Waals surface area contributed by atoms with Crippen molar-refractivity contribution in [1.82, 2.24) is 15.2 Å². The number of imide groups is 1. The molecule has 0 bridgehead atoms. The van der Waals surface area contributed by atoms with Crippen LogP contribution in [0, 0.1) is 12.8 Å². The van der Waals surface area contributed by atoms with Gasteiger partial charge in [-0.05, 0) is 30.4 Å². The Labute approximate surface area is 129 Å². The molecule has 2 heterocycles. The molecule has 1 atom stereocenters. The number of nitrogens with zero attached hydrogens (tertiary/aromatic N) is 1. The highest BCUT2D eigenvalue weighted by atomic mass is 16.2. The number of rotatable bonds is 4. The molecular formula is C17H21N3O2. The molecule has 0 unspecified atom stereocenters. The number of benzene rings is 1. The fourth-order valence-electron chi connectivity index (χ4n) is 3.01. The van der Waals surface area contributed by atoms with E-state index in [1.807, 2.05) is 26.1 Å². The molecule has 1 fully saturated rings. The van der Waals surface area contributed by atoms with E-state index in [1.165, 1.54) is 10.5 Å². The van der Waals surface area contributed by atoms with Crippen molar-refractivity contribution < 1.29 is 9.59 Å². The summed E-state index contributed by atoms with van der Waals surface area (Å²) in [5.41, 5.74) is 3.45. The third-order valence-corrected chi connectivity index (χ3v) is 4.34. The fraction of sp³-hybridized carbons (Fsp3) is 0.412. The summed E-state index contributed by atoms with van der Waals surface area (Å²) in [5, 5.41) is 3.92. The predicted octanol–water partition coefficient (Wildman–Crippen LogP) is 2.60. The summed E-state index contributed by atoms with van der Waals surface area (Å²) < 4.78 is 0. The normalized spacial score (nSPS) is 18.5. The second kappa shape index (κ2) is 5.48. The smallest absolute Gasteiger partial charge is 0.324 e. The molecule has 5 heteroatoms. The number of aromatic nitrogens is 1. The van der Waals surface area contributed by atoms with Gasteiger partial charge in [0.2, 0.25) is 0 Å². The summed E-state index contributed by atoms with van der Waals surface area (Å²) in [7, 11) is 0. The van der Waals surface area contributed by atoms with Gasteiger partial charge in [0.15, 0.2) is 0 Å². The van der Waals surface area contributed by atoms with Crippen LogP contribution in [0.5, 0.6) is 0 Å². The Bertz CT molecular complexity index is 733. The molecular weight excluding hydrogens is 278 g/mol. The molecule has 1 aliphatic heterocycles. The van der Waals surface area contributed by atoms with Crippen LogP contribution >= 0.6 is 0 Å². The van der Waals surface area contributed by atoms with Crippen molar-refractivity contribution >= 4 is 22.8 Å². The molecule has 0 radical (unpaired) electrons. The first kappa shape index (κ1) is 14.6. The maximum absolute atomic E-state index is 12.3. The van der Waals surface area contributed by atoms with Gasteiger partial charge in [0.25, 0.3) is 5.91 Å². The number of amides is 3. The van der Waals surface area contributed by atoms with Crippen LogP contribution in [0.2, 0.25) is 0 Å². The zero-order valence-electron chi connectivity index (χ0n) is 13.1. The number of hydrogen-bond donors (Lipinski definition) is 2. The lowest BCUT2D eigenvalue weighted by Gasteiger charge is -2.14. The van der Waals surface area contributed by atoms with Gasteiger partial charge in [0, 0.05) is 23.6 Å². The molecule has 1 saturated heterocycles. The lowest BCUT2D eigenvalue weighted by atomic mass is 10.0. The summed E-state index contributed by atoms with van der Waals surface area (Å²) in [6.07, 6.45) is 2.63. The Kier molecular flexibility index (Phi) is 3.64. The van der Waals surface area contributed by atoms with Crippen LogP contribution < -0.4 is 5.32 Å². The molecule has 1 aromatic carbocycles. The standard InChI is InChI=1S/C17H21N3O2/c1-10(2)14-16(21)20(17(22)19-14)8-7-12-9-18-15-11(3)5-4-6-13(12)15/h4-6,9-10,14,18H,7-8H2,1-3H3,(H,19,22)/t14-/m1/s1. The van der Waals surface area contributed by atoms with Gasteiger partial charge >= 0.3 is 6.03 Å². The van der Waals surface area contributed by atoms with Gasteiger partial charge < -0.3 is 10.3 Å². The number of H-pyrrole nitrogens is 1. The van der Waals surface area contributed by atoms with Crippen molar-refractivity contribution in [3.05, 3.63) is 35.5 Å². The van der Waals surface area contributed by atoms with E-state index >= 15 is 0 Å². The second-order valence-electron chi connectivity index (χ2n) is 6.22. The number of aryl methyl sites for hydroxylation is 1. The number of urea groups is 1. The maximum Gasteiger partial charge on any atom is 0.324 e. The SMILES string of the molecule is Cc1cccc2c(CCN3C(=O)N[C@H](C(C)C)C3=O)c[nH]c12. The quantitative estimate of drug-likeness (QED) is 0.852. The van der Waals surface area contributed by atoms with Crippen LogP contribution in [-0.2, 0) is 11.2 Å². The number of aromatic amines is 1. The van der Waals surface area contributed by atoms with E-state index in [-0.39, 0.29) is 17.9 Å². The lowest BCUT2D eigenvalue weighted by Crippen LogP contribution is -2.35. The minimum absolute atomic E-state index is 0.109. The summed E-state index contributed by atoms with van der Waals surface area (Å²) in [5.74, 6) is -0.00629. The zero-order chi connectivity index (χ0) is 15.9. The molecule has 2 aromatic rings. The average molecular weight is 299 g/mol. The Hall–Kier alpha value is -2.30. The van der Waals surface area contributed by atoms with E-state index in [2.05, 4.69) is 29.4 Å². The van der Waals surface area contributed by atoms with Crippen molar-refractivity contribution in [1.29, 1.82) is 0 Å². The first-order valence-electron chi connectivity index (χ1n) is 7.66. The highest BCUT2D eigenvalue weighted by Gasteiger charge is 2.39. The number of carbonyl (C=O) groups excluding carboxylic acids is 2. The third kappa shape index (κ3) is 2.36. The van der Waals surface area contributed by atoms with Crippen molar-refractivity contribution in [3.63, 3.8) is 0 Å². The highest BCUT2D eigenvalue weighted by Crippen LogP contribution is 2.22. The molecule has 2 N–H and O–H groups in total.